The molecule has 10 aromatic rings. The van der Waals surface area contributed by atoms with Crippen LogP contribution in [0, 0.1) is 0 Å². The first-order chi connectivity index (χ1) is 26.4. The molecule has 10 rings (SSSR count). The molecule has 0 aliphatic rings. The maximum atomic E-state index is 6.13. The molecule has 0 atom stereocenters. The fraction of sp³-hybridized carbons (Fsp3) is 0.0833. The van der Waals surface area contributed by atoms with E-state index in [0.29, 0.717) is 17.5 Å². The lowest BCUT2D eigenvalue weighted by Crippen LogP contribution is -2.10. The molecule has 6 nitrogen and oxygen atoms in total. The Morgan fingerprint density at radius 1 is 0.481 bits per heavy atom. The molecule has 0 fully saturated rings. The van der Waals surface area contributed by atoms with Crippen LogP contribution in [0.3, 0.4) is 0 Å². The molecule has 0 aliphatic heterocycles. The van der Waals surface area contributed by atoms with Crippen LogP contribution in [0.15, 0.2) is 162 Å². The van der Waals surface area contributed by atoms with Crippen molar-refractivity contribution in [3.63, 3.8) is 0 Å². The van der Waals surface area contributed by atoms with Crippen molar-refractivity contribution >= 4 is 43.7 Å². The van der Waals surface area contributed by atoms with Crippen LogP contribution in [0.1, 0.15) is 26.3 Å². The van der Waals surface area contributed by atoms with Gasteiger partial charge in [-0.15, -0.1) is 0 Å². The minimum absolute atomic E-state index is 0.0370. The summed E-state index contributed by atoms with van der Waals surface area (Å²) >= 11 is 0. The molecule has 0 bridgehead atoms. The summed E-state index contributed by atoms with van der Waals surface area (Å²) in [5.74, 6) is 1.82. The Balaban J connectivity index is 1.15. The van der Waals surface area contributed by atoms with Crippen LogP contribution in [0.5, 0.6) is 0 Å². The van der Waals surface area contributed by atoms with E-state index < -0.39 is 0 Å². The standard InChI is InChI=1S/C48H35N5O/c1-48(2,3)34-21-17-31(18-22-34)46-50-45(30-11-5-4-6-12-30)51-47(52-46)37-25-26-49-29-42(37)53-40-15-9-7-13-35(40)38-27-32(19-23-41(38)53)33-20-24-44-39(28-33)36-14-8-10-16-43(36)54-44/h4-29H,1-3H3. The molecule has 6 heteroatoms. The van der Waals surface area contributed by atoms with Gasteiger partial charge in [0.1, 0.15) is 11.2 Å². The molecule has 0 saturated heterocycles. The number of furan rings is 1. The first-order valence-corrected chi connectivity index (χ1v) is 18.2. The average molecular weight is 698 g/mol. The van der Waals surface area contributed by atoms with E-state index in [4.69, 9.17) is 19.4 Å². The lowest BCUT2D eigenvalue weighted by molar-refractivity contribution is 0.590. The largest absolute Gasteiger partial charge is 0.456 e. The zero-order valence-electron chi connectivity index (χ0n) is 30.2. The van der Waals surface area contributed by atoms with E-state index in [-0.39, 0.29) is 5.41 Å². The number of nitrogens with zero attached hydrogens (tertiary/aromatic N) is 5. The van der Waals surface area contributed by atoms with Crippen LogP contribution in [0.25, 0.3) is 94.7 Å². The van der Waals surface area contributed by atoms with Crippen LogP contribution in [-0.4, -0.2) is 24.5 Å². The number of hydrogen-bond donors (Lipinski definition) is 0. The monoisotopic (exact) mass is 697 g/mol. The molecule has 54 heavy (non-hydrogen) atoms. The van der Waals surface area contributed by atoms with Gasteiger partial charge in [-0.2, -0.15) is 0 Å². The minimum atomic E-state index is 0.0370. The molecule has 4 heterocycles. The molecular weight excluding hydrogens is 663 g/mol. The third-order valence-electron chi connectivity index (χ3n) is 10.3. The second-order valence-corrected chi connectivity index (χ2v) is 14.8. The highest BCUT2D eigenvalue weighted by Crippen LogP contribution is 2.39. The van der Waals surface area contributed by atoms with Crippen molar-refractivity contribution < 1.29 is 4.42 Å². The van der Waals surface area contributed by atoms with Gasteiger partial charge in [0.05, 0.1) is 22.9 Å². The van der Waals surface area contributed by atoms with E-state index in [0.717, 1.165) is 77.2 Å². The number of rotatable bonds is 5. The van der Waals surface area contributed by atoms with Crippen LogP contribution in [0.4, 0.5) is 0 Å². The van der Waals surface area contributed by atoms with E-state index in [9.17, 15) is 0 Å². The van der Waals surface area contributed by atoms with Gasteiger partial charge in [-0.3, -0.25) is 4.98 Å². The summed E-state index contributed by atoms with van der Waals surface area (Å²) in [5, 5.41) is 4.53. The predicted molar refractivity (Wildman–Crippen MR) is 220 cm³/mol. The Labute approximate surface area is 312 Å². The summed E-state index contributed by atoms with van der Waals surface area (Å²) in [6.07, 6.45) is 3.72. The molecule has 6 aromatic carbocycles. The quantitative estimate of drug-likeness (QED) is 0.179. The molecule has 0 amide bonds. The zero-order chi connectivity index (χ0) is 36.4. The Hall–Kier alpha value is -6.92. The van der Waals surface area contributed by atoms with Gasteiger partial charge in [0.15, 0.2) is 17.5 Å². The molecular formula is C48H35N5O. The van der Waals surface area contributed by atoms with Crippen LogP contribution < -0.4 is 0 Å². The Bertz CT molecular complexity index is 3020. The zero-order valence-corrected chi connectivity index (χ0v) is 30.2. The van der Waals surface area contributed by atoms with Crippen LogP contribution >= 0.6 is 0 Å². The second-order valence-electron chi connectivity index (χ2n) is 14.8. The van der Waals surface area contributed by atoms with Gasteiger partial charge in [0.25, 0.3) is 0 Å². The molecule has 0 radical (unpaired) electrons. The van der Waals surface area contributed by atoms with E-state index in [2.05, 4.69) is 127 Å². The summed E-state index contributed by atoms with van der Waals surface area (Å²) in [6, 6.07) is 50.6. The SMILES string of the molecule is CC(C)(C)c1ccc(-c2nc(-c3ccccc3)nc(-c3ccncc3-n3c4ccccc4c4cc(-c5ccc6oc7ccccc7c6c5)ccc43)n2)cc1. The van der Waals surface area contributed by atoms with Crippen molar-refractivity contribution in [1.29, 1.82) is 0 Å². The van der Waals surface area contributed by atoms with Crippen molar-refractivity contribution in [1.82, 2.24) is 24.5 Å². The Morgan fingerprint density at radius 2 is 1.07 bits per heavy atom. The van der Waals surface area contributed by atoms with Crippen molar-refractivity contribution in [3.8, 4) is 51.0 Å². The molecule has 258 valence electrons. The molecule has 4 aromatic heterocycles. The van der Waals surface area contributed by atoms with Gasteiger partial charge in [0, 0.05) is 44.4 Å². The number of hydrogen-bond acceptors (Lipinski definition) is 5. The molecule has 0 N–H and O–H groups in total. The highest BCUT2D eigenvalue weighted by Gasteiger charge is 2.21. The minimum Gasteiger partial charge on any atom is -0.456 e. The van der Waals surface area contributed by atoms with E-state index in [1.54, 1.807) is 0 Å². The topological polar surface area (TPSA) is 69.6 Å². The van der Waals surface area contributed by atoms with Gasteiger partial charge in [-0.1, -0.05) is 124 Å². The van der Waals surface area contributed by atoms with E-state index in [1.807, 2.05) is 60.9 Å². The fourth-order valence-electron chi connectivity index (χ4n) is 7.53. The van der Waals surface area contributed by atoms with Crippen molar-refractivity contribution in [3.05, 3.63) is 164 Å². The van der Waals surface area contributed by atoms with Crippen molar-refractivity contribution in [2.45, 2.75) is 26.2 Å². The highest BCUT2D eigenvalue weighted by atomic mass is 16.3. The van der Waals surface area contributed by atoms with Crippen LogP contribution in [0.2, 0.25) is 0 Å². The summed E-state index contributed by atoms with van der Waals surface area (Å²) in [4.78, 5) is 19.9. The van der Waals surface area contributed by atoms with Crippen LogP contribution in [-0.2, 0) is 5.41 Å². The smallest absolute Gasteiger partial charge is 0.166 e. The maximum Gasteiger partial charge on any atom is 0.166 e. The van der Waals surface area contributed by atoms with Crippen molar-refractivity contribution in [2.24, 2.45) is 0 Å². The molecule has 0 spiro atoms. The van der Waals surface area contributed by atoms with Crippen molar-refractivity contribution in [2.75, 3.05) is 0 Å². The highest BCUT2D eigenvalue weighted by molar-refractivity contribution is 6.11. The predicted octanol–water partition coefficient (Wildman–Crippen LogP) is 12.2. The normalized spacial score (nSPS) is 12.0. The van der Waals surface area contributed by atoms with Gasteiger partial charge in [-0.25, -0.2) is 15.0 Å². The third kappa shape index (κ3) is 5.34. The lowest BCUT2D eigenvalue weighted by Gasteiger charge is -2.19. The third-order valence-corrected chi connectivity index (χ3v) is 10.3. The Kier molecular flexibility index (Phi) is 7.27. The summed E-state index contributed by atoms with van der Waals surface area (Å²) in [7, 11) is 0. The summed E-state index contributed by atoms with van der Waals surface area (Å²) in [6.45, 7) is 6.66. The number of fused-ring (bicyclic) bond motifs is 6. The number of benzene rings is 6. The fourth-order valence-corrected chi connectivity index (χ4v) is 7.53. The second kappa shape index (κ2) is 12.3. The first-order valence-electron chi connectivity index (χ1n) is 18.2. The molecule has 0 unspecified atom stereocenters. The number of aromatic nitrogens is 5. The molecule has 0 saturated carbocycles. The number of pyridine rings is 1. The van der Waals surface area contributed by atoms with E-state index >= 15 is 0 Å². The van der Waals surface area contributed by atoms with Gasteiger partial charge >= 0.3 is 0 Å². The van der Waals surface area contributed by atoms with E-state index in [1.165, 1.54) is 5.56 Å². The average Bonchev–Trinajstić information content (AvgIpc) is 3.76. The molecule has 0 aliphatic carbocycles. The number of para-hydroxylation sites is 2. The summed E-state index contributed by atoms with van der Waals surface area (Å²) in [5.41, 5.74) is 11.1. The first kappa shape index (κ1) is 31.8. The van der Waals surface area contributed by atoms with Gasteiger partial charge in [0.2, 0.25) is 0 Å². The maximum absolute atomic E-state index is 6.13. The Morgan fingerprint density at radius 3 is 1.85 bits per heavy atom. The van der Waals surface area contributed by atoms with Gasteiger partial charge in [-0.05, 0) is 64.6 Å². The summed E-state index contributed by atoms with van der Waals surface area (Å²) < 4.78 is 8.41. The lowest BCUT2D eigenvalue weighted by atomic mass is 9.87. The van der Waals surface area contributed by atoms with Gasteiger partial charge < -0.3 is 8.98 Å².